The monoisotopic (exact) mass is 293 g/mol. The lowest BCUT2D eigenvalue weighted by molar-refractivity contribution is 0.114. The Morgan fingerprint density at radius 2 is 2.15 bits per heavy atom. The highest BCUT2D eigenvalue weighted by Crippen LogP contribution is 2.31. The number of benzene rings is 1. The number of ether oxygens (including phenoxy) is 1. The summed E-state index contributed by atoms with van der Waals surface area (Å²) >= 11 is 1.70. The van der Waals surface area contributed by atoms with E-state index in [1.165, 1.54) is 0 Å². The zero-order valence-electron chi connectivity index (χ0n) is 12.2. The summed E-state index contributed by atoms with van der Waals surface area (Å²) in [5, 5.41) is 7.82. The summed E-state index contributed by atoms with van der Waals surface area (Å²) in [6.07, 6.45) is 2.28. The van der Waals surface area contributed by atoms with Gasteiger partial charge in [0.2, 0.25) is 0 Å². The number of rotatable bonds is 5. The predicted octanol–water partition coefficient (Wildman–Crippen LogP) is 2.56. The van der Waals surface area contributed by atoms with Crippen molar-refractivity contribution in [3.63, 3.8) is 0 Å². The molecule has 0 radical (unpaired) electrons. The fourth-order valence-electron chi connectivity index (χ4n) is 2.43. The van der Waals surface area contributed by atoms with Gasteiger partial charge in [-0.25, -0.2) is 0 Å². The van der Waals surface area contributed by atoms with Crippen LogP contribution in [0.25, 0.3) is 0 Å². The molecule has 0 spiro atoms. The molecule has 0 atom stereocenters. The molecule has 1 aliphatic heterocycles. The highest BCUT2D eigenvalue weighted by Gasteiger charge is 2.20. The first kappa shape index (κ1) is 15.2. The van der Waals surface area contributed by atoms with Gasteiger partial charge in [0.15, 0.2) is 0 Å². The van der Waals surface area contributed by atoms with E-state index >= 15 is 0 Å². The van der Waals surface area contributed by atoms with E-state index in [0.29, 0.717) is 0 Å². The average molecular weight is 293 g/mol. The van der Waals surface area contributed by atoms with Gasteiger partial charge >= 0.3 is 0 Å². The van der Waals surface area contributed by atoms with Gasteiger partial charge in [-0.3, -0.25) is 5.41 Å². The van der Waals surface area contributed by atoms with Gasteiger partial charge < -0.3 is 15.4 Å². The minimum absolute atomic E-state index is 0.0875. The molecule has 110 valence electrons. The summed E-state index contributed by atoms with van der Waals surface area (Å²) in [6, 6.07) is 5.91. The van der Waals surface area contributed by atoms with Gasteiger partial charge in [-0.2, -0.15) is 0 Å². The molecule has 4 nitrogen and oxygen atoms in total. The molecule has 0 aliphatic carbocycles. The maximum atomic E-state index is 7.82. The van der Waals surface area contributed by atoms with Crippen LogP contribution >= 0.6 is 11.8 Å². The second-order valence-electron chi connectivity index (χ2n) is 5.10. The number of nitrogens with one attached hydrogen (secondary N) is 1. The molecule has 1 heterocycles. The lowest BCUT2D eigenvalue weighted by Crippen LogP contribution is -2.36. The minimum Gasteiger partial charge on any atom is -0.490 e. The van der Waals surface area contributed by atoms with Crippen LogP contribution in [0.1, 0.15) is 25.3 Å². The third kappa shape index (κ3) is 3.67. The van der Waals surface area contributed by atoms with E-state index in [2.05, 4.69) is 18.9 Å². The van der Waals surface area contributed by atoms with E-state index in [1.54, 1.807) is 11.8 Å². The van der Waals surface area contributed by atoms with Crippen LogP contribution in [0.2, 0.25) is 0 Å². The van der Waals surface area contributed by atoms with Crippen molar-refractivity contribution in [1.29, 1.82) is 5.41 Å². The van der Waals surface area contributed by atoms with Gasteiger partial charge in [-0.15, -0.1) is 11.8 Å². The van der Waals surface area contributed by atoms with Crippen LogP contribution in [0, 0.1) is 5.41 Å². The first-order chi connectivity index (χ1) is 9.61. The molecule has 1 saturated heterocycles. The first-order valence-corrected chi connectivity index (χ1v) is 8.05. The zero-order chi connectivity index (χ0) is 14.5. The van der Waals surface area contributed by atoms with E-state index < -0.39 is 0 Å². The Morgan fingerprint density at radius 1 is 1.45 bits per heavy atom. The number of nitrogen functional groups attached to an aromatic ring is 1. The normalized spacial score (nSPS) is 17.1. The highest BCUT2D eigenvalue weighted by molar-refractivity contribution is 7.99. The quantitative estimate of drug-likeness (QED) is 0.497. The zero-order valence-corrected chi connectivity index (χ0v) is 13.0. The molecule has 2 rings (SSSR count). The Hall–Kier alpha value is -1.20. The Labute approximate surface area is 125 Å². The molecule has 1 aliphatic rings. The van der Waals surface area contributed by atoms with Crippen molar-refractivity contribution in [1.82, 2.24) is 4.90 Å². The van der Waals surface area contributed by atoms with Gasteiger partial charge in [0.05, 0.1) is 5.56 Å². The molecule has 5 heteroatoms. The summed E-state index contributed by atoms with van der Waals surface area (Å²) in [5.41, 5.74) is 6.50. The third-order valence-corrected chi connectivity index (χ3v) is 4.46. The summed E-state index contributed by atoms with van der Waals surface area (Å²) in [6.45, 7) is 4.21. The fourth-order valence-corrected chi connectivity index (χ4v) is 3.27. The SMILES string of the molecule is CCSc1cccc(OC2CCN(C)CC2)c1C(=N)N. The van der Waals surface area contributed by atoms with Crippen LogP contribution < -0.4 is 10.5 Å². The maximum Gasteiger partial charge on any atom is 0.131 e. The summed E-state index contributed by atoms with van der Waals surface area (Å²) in [7, 11) is 2.13. The van der Waals surface area contributed by atoms with Gasteiger partial charge in [0.1, 0.15) is 17.7 Å². The third-order valence-electron chi connectivity index (χ3n) is 3.52. The molecule has 0 unspecified atom stereocenters. The maximum absolute atomic E-state index is 7.82. The highest BCUT2D eigenvalue weighted by atomic mass is 32.2. The average Bonchev–Trinajstić information content (AvgIpc) is 2.41. The molecule has 1 aromatic rings. The lowest BCUT2D eigenvalue weighted by Gasteiger charge is -2.30. The first-order valence-electron chi connectivity index (χ1n) is 7.07. The van der Waals surface area contributed by atoms with Crippen molar-refractivity contribution < 1.29 is 4.74 Å². The van der Waals surface area contributed by atoms with E-state index in [-0.39, 0.29) is 11.9 Å². The Kier molecular flexibility index (Phi) is 5.31. The molecule has 1 fully saturated rings. The number of amidine groups is 1. The van der Waals surface area contributed by atoms with Crippen LogP contribution in [-0.4, -0.2) is 42.7 Å². The lowest BCUT2D eigenvalue weighted by atomic mass is 10.1. The molecular formula is C15H23N3OS. The predicted molar refractivity (Wildman–Crippen MR) is 85.0 cm³/mol. The van der Waals surface area contributed by atoms with Gasteiger partial charge in [0.25, 0.3) is 0 Å². The van der Waals surface area contributed by atoms with Crippen molar-refractivity contribution >= 4 is 17.6 Å². The second kappa shape index (κ2) is 6.99. The standard InChI is InChI=1S/C15H23N3OS/c1-3-20-13-6-4-5-12(14(13)15(16)17)19-11-7-9-18(2)10-8-11/h4-6,11H,3,7-10H2,1-2H3,(H3,16,17). The van der Waals surface area contributed by atoms with Gasteiger partial charge in [-0.05, 0) is 37.8 Å². The number of nitrogens with two attached hydrogens (primary N) is 1. The molecule has 1 aromatic carbocycles. The van der Waals surface area contributed by atoms with Crippen molar-refractivity contribution in [2.75, 3.05) is 25.9 Å². The number of hydrogen-bond acceptors (Lipinski definition) is 4. The Balaban J connectivity index is 2.18. The van der Waals surface area contributed by atoms with Gasteiger partial charge in [0, 0.05) is 18.0 Å². The largest absolute Gasteiger partial charge is 0.490 e. The Bertz CT molecular complexity index is 470. The van der Waals surface area contributed by atoms with Crippen LogP contribution in [0.15, 0.2) is 23.1 Å². The topological polar surface area (TPSA) is 62.3 Å². The van der Waals surface area contributed by atoms with E-state index in [9.17, 15) is 0 Å². The van der Waals surface area contributed by atoms with Crippen molar-refractivity contribution in [3.05, 3.63) is 23.8 Å². The van der Waals surface area contributed by atoms with E-state index in [4.69, 9.17) is 15.9 Å². The van der Waals surface area contributed by atoms with Crippen molar-refractivity contribution in [3.8, 4) is 5.75 Å². The molecule has 0 saturated carbocycles. The van der Waals surface area contributed by atoms with Crippen LogP contribution in [0.5, 0.6) is 5.75 Å². The van der Waals surface area contributed by atoms with Crippen molar-refractivity contribution in [2.24, 2.45) is 5.73 Å². The minimum atomic E-state index is 0.0875. The number of piperidine rings is 1. The smallest absolute Gasteiger partial charge is 0.131 e. The molecule has 20 heavy (non-hydrogen) atoms. The van der Waals surface area contributed by atoms with Gasteiger partial charge in [-0.1, -0.05) is 13.0 Å². The van der Waals surface area contributed by atoms with Crippen LogP contribution in [0.3, 0.4) is 0 Å². The van der Waals surface area contributed by atoms with E-state index in [0.717, 1.165) is 47.9 Å². The second-order valence-corrected chi connectivity index (χ2v) is 6.40. The molecule has 3 N–H and O–H groups in total. The molecular weight excluding hydrogens is 270 g/mol. The van der Waals surface area contributed by atoms with Crippen LogP contribution in [-0.2, 0) is 0 Å². The summed E-state index contributed by atoms with van der Waals surface area (Å²) in [5.74, 6) is 1.80. The molecule has 0 bridgehead atoms. The number of hydrogen-bond donors (Lipinski definition) is 2. The van der Waals surface area contributed by atoms with Crippen molar-refractivity contribution in [2.45, 2.75) is 30.8 Å². The fraction of sp³-hybridized carbons (Fsp3) is 0.533. The van der Waals surface area contributed by atoms with Crippen LogP contribution in [0.4, 0.5) is 0 Å². The summed E-state index contributed by atoms with van der Waals surface area (Å²) in [4.78, 5) is 3.35. The Morgan fingerprint density at radius 3 is 2.75 bits per heavy atom. The summed E-state index contributed by atoms with van der Waals surface area (Å²) < 4.78 is 6.12. The number of thioether (sulfide) groups is 1. The molecule has 0 aromatic heterocycles. The molecule has 0 amide bonds. The number of nitrogens with zero attached hydrogens (tertiary/aromatic N) is 1. The number of likely N-dealkylation sites (tertiary alicyclic amines) is 1. The van der Waals surface area contributed by atoms with E-state index in [1.807, 2.05) is 18.2 Å².